The van der Waals surface area contributed by atoms with Gasteiger partial charge in [-0.05, 0) is 35.4 Å². The maximum Gasteiger partial charge on any atom is 0.251 e. The number of nitrogens with one attached hydrogen (secondary N) is 1. The molecule has 3 aromatic carbocycles. The van der Waals surface area contributed by atoms with E-state index in [0.717, 1.165) is 23.4 Å². The van der Waals surface area contributed by atoms with E-state index in [1.165, 1.54) is 5.56 Å². The molecule has 1 unspecified atom stereocenters. The molecule has 1 amide bonds. The average Bonchev–Trinajstić information content (AvgIpc) is 3.20. The molecule has 3 aromatic rings. The Morgan fingerprint density at radius 2 is 1.56 bits per heavy atom. The minimum absolute atomic E-state index is 0.0870. The van der Waals surface area contributed by atoms with Gasteiger partial charge in [0.2, 0.25) is 0 Å². The summed E-state index contributed by atoms with van der Waals surface area (Å²) in [7, 11) is 1.64. The second-order valence-corrected chi connectivity index (χ2v) is 6.51. The van der Waals surface area contributed by atoms with Gasteiger partial charge in [0.1, 0.15) is 0 Å². The van der Waals surface area contributed by atoms with Gasteiger partial charge in [-0.2, -0.15) is 5.10 Å². The SMILES string of the molecule is CNC(=O)c1ccc(N2N=C(c3ccccc3)CC2c2ccccc2)cc1. The highest BCUT2D eigenvalue weighted by molar-refractivity contribution is 6.03. The molecule has 1 aliphatic rings. The number of nitrogens with zero attached hydrogens (tertiary/aromatic N) is 2. The van der Waals surface area contributed by atoms with Crippen LogP contribution in [0.25, 0.3) is 0 Å². The normalized spacial score (nSPS) is 16.1. The van der Waals surface area contributed by atoms with Crippen LogP contribution >= 0.6 is 0 Å². The Morgan fingerprint density at radius 1 is 0.926 bits per heavy atom. The molecule has 0 spiro atoms. The van der Waals surface area contributed by atoms with Gasteiger partial charge in [0.05, 0.1) is 17.4 Å². The lowest BCUT2D eigenvalue weighted by Gasteiger charge is -2.24. The van der Waals surface area contributed by atoms with Crippen molar-refractivity contribution in [1.82, 2.24) is 5.32 Å². The summed E-state index contributed by atoms with van der Waals surface area (Å²) in [6, 6.07) is 28.4. The monoisotopic (exact) mass is 355 g/mol. The van der Waals surface area contributed by atoms with E-state index in [1.54, 1.807) is 7.05 Å². The number of carbonyl (C=O) groups is 1. The number of amides is 1. The number of hydrazone groups is 1. The maximum atomic E-state index is 11.8. The Hall–Kier alpha value is -3.40. The summed E-state index contributed by atoms with van der Waals surface area (Å²) in [6.07, 6.45) is 0.839. The van der Waals surface area contributed by atoms with Crippen LogP contribution in [0.15, 0.2) is 90.0 Å². The minimum Gasteiger partial charge on any atom is -0.355 e. The van der Waals surface area contributed by atoms with E-state index >= 15 is 0 Å². The summed E-state index contributed by atoms with van der Waals surface area (Å²) in [5, 5.41) is 9.64. The van der Waals surface area contributed by atoms with E-state index in [-0.39, 0.29) is 11.9 Å². The first-order valence-corrected chi connectivity index (χ1v) is 9.05. The maximum absolute atomic E-state index is 11.8. The third-order valence-electron chi connectivity index (χ3n) is 4.82. The molecule has 1 heterocycles. The van der Waals surface area contributed by atoms with Gasteiger partial charge >= 0.3 is 0 Å². The fourth-order valence-corrected chi connectivity index (χ4v) is 3.40. The van der Waals surface area contributed by atoms with Crippen molar-refractivity contribution in [2.75, 3.05) is 12.1 Å². The smallest absolute Gasteiger partial charge is 0.251 e. The number of anilines is 1. The van der Waals surface area contributed by atoms with Crippen molar-refractivity contribution in [2.45, 2.75) is 12.5 Å². The summed E-state index contributed by atoms with van der Waals surface area (Å²) in [4.78, 5) is 11.8. The Balaban J connectivity index is 1.71. The topological polar surface area (TPSA) is 44.7 Å². The highest BCUT2D eigenvalue weighted by atomic mass is 16.1. The number of benzene rings is 3. The Kier molecular flexibility index (Phi) is 4.71. The van der Waals surface area contributed by atoms with Gasteiger partial charge in [-0.15, -0.1) is 0 Å². The van der Waals surface area contributed by atoms with Crippen LogP contribution in [-0.4, -0.2) is 18.7 Å². The molecule has 0 aliphatic carbocycles. The summed E-state index contributed by atoms with van der Waals surface area (Å²) >= 11 is 0. The third kappa shape index (κ3) is 3.47. The molecule has 0 aromatic heterocycles. The van der Waals surface area contributed by atoms with Crippen LogP contribution in [0.2, 0.25) is 0 Å². The van der Waals surface area contributed by atoms with Crippen LogP contribution in [0.4, 0.5) is 5.69 Å². The highest BCUT2D eigenvalue weighted by Gasteiger charge is 2.29. The van der Waals surface area contributed by atoms with Crippen molar-refractivity contribution < 1.29 is 4.79 Å². The fraction of sp³-hybridized carbons (Fsp3) is 0.130. The van der Waals surface area contributed by atoms with Crippen LogP contribution < -0.4 is 10.3 Å². The van der Waals surface area contributed by atoms with Gasteiger partial charge in [-0.25, -0.2) is 0 Å². The van der Waals surface area contributed by atoms with Crippen LogP contribution in [-0.2, 0) is 0 Å². The van der Waals surface area contributed by atoms with Gasteiger partial charge in [0, 0.05) is 19.0 Å². The quantitative estimate of drug-likeness (QED) is 0.754. The molecular weight excluding hydrogens is 334 g/mol. The zero-order chi connectivity index (χ0) is 18.6. The van der Waals surface area contributed by atoms with Gasteiger partial charge in [-0.3, -0.25) is 9.80 Å². The molecule has 4 heteroatoms. The Labute approximate surface area is 159 Å². The zero-order valence-corrected chi connectivity index (χ0v) is 15.2. The molecule has 1 atom stereocenters. The Morgan fingerprint density at radius 3 is 2.19 bits per heavy atom. The summed E-state index contributed by atoms with van der Waals surface area (Å²) in [5.41, 5.74) is 5.05. The first-order chi connectivity index (χ1) is 13.3. The van der Waals surface area contributed by atoms with Gasteiger partial charge < -0.3 is 5.32 Å². The summed E-state index contributed by atoms with van der Waals surface area (Å²) < 4.78 is 0. The van der Waals surface area contributed by atoms with Crippen molar-refractivity contribution in [1.29, 1.82) is 0 Å². The average molecular weight is 355 g/mol. The van der Waals surface area contributed by atoms with Crippen LogP contribution in [0, 0.1) is 0 Å². The molecule has 1 aliphatic heterocycles. The zero-order valence-electron chi connectivity index (χ0n) is 15.2. The fourth-order valence-electron chi connectivity index (χ4n) is 3.40. The molecule has 0 radical (unpaired) electrons. The molecule has 4 nitrogen and oxygen atoms in total. The standard InChI is InChI=1S/C23H21N3O/c1-24-23(27)19-12-14-20(15-13-19)26-22(18-10-6-3-7-11-18)16-21(25-26)17-8-4-2-5-9-17/h2-15,22H,16H2,1H3,(H,24,27). The number of hydrogen-bond donors (Lipinski definition) is 1. The molecule has 134 valence electrons. The van der Waals surface area contributed by atoms with E-state index in [4.69, 9.17) is 5.10 Å². The largest absolute Gasteiger partial charge is 0.355 e. The van der Waals surface area contributed by atoms with Crippen molar-refractivity contribution in [3.63, 3.8) is 0 Å². The molecule has 4 rings (SSSR count). The lowest BCUT2D eigenvalue weighted by atomic mass is 9.98. The van der Waals surface area contributed by atoms with Crippen molar-refractivity contribution in [3.05, 3.63) is 102 Å². The van der Waals surface area contributed by atoms with Crippen LogP contribution in [0.5, 0.6) is 0 Å². The number of hydrogen-bond acceptors (Lipinski definition) is 3. The molecule has 0 bridgehead atoms. The van der Waals surface area contributed by atoms with E-state index in [2.05, 4.69) is 46.7 Å². The van der Waals surface area contributed by atoms with Crippen molar-refractivity contribution >= 4 is 17.3 Å². The molecular formula is C23H21N3O. The lowest BCUT2D eigenvalue weighted by molar-refractivity contribution is 0.0963. The second kappa shape index (κ2) is 7.46. The van der Waals surface area contributed by atoms with Gasteiger partial charge in [0.15, 0.2) is 0 Å². The third-order valence-corrected chi connectivity index (χ3v) is 4.82. The summed E-state index contributed by atoms with van der Waals surface area (Å²) in [6.45, 7) is 0. The predicted molar refractivity (Wildman–Crippen MR) is 109 cm³/mol. The lowest BCUT2D eigenvalue weighted by Crippen LogP contribution is -2.20. The molecule has 0 fully saturated rings. The van der Waals surface area contributed by atoms with E-state index in [9.17, 15) is 4.79 Å². The van der Waals surface area contributed by atoms with E-state index in [0.29, 0.717) is 5.56 Å². The molecule has 27 heavy (non-hydrogen) atoms. The van der Waals surface area contributed by atoms with E-state index in [1.807, 2.05) is 48.5 Å². The van der Waals surface area contributed by atoms with Gasteiger partial charge in [0.25, 0.3) is 5.91 Å². The van der Waals surface area contributed by atoms with Crippen LogP contribution in [0.1, 0.15) is 33.9 Å². The number of carbonyl (C=O) groups excluding carboxylic acids is 1. The van der Waals surface area contributed by atoms with Crippen molar-refractivity contribution in [2.24, 2.45) is 5.10 Å². The molecule has 1 N–H and O–H groups in total. The predicted octanol–water partition coefficient (Wildman–Crippen LogP) is 4.40. The van der Waals surface area contributed by atoms with Gasteiger partial charge in [-0.1, -0.05) is 60.7 Å². The second-order valence-electron chi connectivity index (χ2n) is 6.51. The minimum atomic E-state index is -0.0870. The Bertz CT molecular complexity index is 950. The van der Waals surface area contributed by atoms with Crippen molar-refractivity contribution in [3.8, 4) is 0 Å². The first-order valence-electron chi connectivity index (χ1n) is 9.05. The molecule has 0 saturated heterocycles. The number of rotatable bonds is 4. The summed E-state index contributed by atoms with van der Waals surface area (Å²) in [5.74, 6) is -0.0870. The molecule has 0 saturated carbocycles. The highest BCUT2D eigenvalue weighted by Crippen LogP contribution is 2.36. The van der Waals surface area contributed by atoms with E-state index < -0.39 is 0 Å². The first kappa shape index (κ1) is 17.0. The van der Waals surface area contributed by atoms with Crippen LogP contribution in [0.3, 0.4) is 0 Å².